The monoisotopic (exact) mass is 289 g/mol. The molecule has 0 saturated heterocycles. The van der Waals surface area contributed by atoms with Crippen LogP contribution in [0.25, 0.3) is 0 Å². The lowest BCUT2D eigenvalue weighted by Crippen LogP contribution is -2.39. The fraction of sp³-hybridized carbons (Fsp3) is 0.529. The van der Waals surface area contributed by atoms with Crippen LogP contribution in [-0.4, -0.2) is 24.4 Å². The Morgan fingerprint density at radius 1 is 1.33 bits per heavy atom. The second-order valence-corrected chi connectivity index (χ2v) is 5.66. The molecule has 0 aliphatic heterocycles. The Labute approximate surface area is 125 Å². The predicted octanol–water partition coefficient (Wildman–Crippen LogP) is 2.47. The zero-order valence-corrected chi connectivity index (χ0v) is 12.7. The highest BCUT2D eigenvalue weighted by atomic mass is 16.5. The molecule has 1 aromatic carbocycles. The van der Waals surface area contributed by atoms with Gasteiger partial charge in [0, 0.05) is 12.6 Å². The van der Waals surface area contributed by atoms with E-state index >= 15 is 0 Å². The van der Waals surface area contributed by atoms with E-state index < -0.39 is 5.41 Å². The summed E-state index contributed by atoms with van der Waals surface area (Å²) in [6, 6.07) is 10.3. The average Bonchev–Trinajstić information content (AvgIpc) is 2.92. The third-order valence-electron chi connectivity index (χ3n) is 4.29. The van der Waals surface area contributed by atoms with Gasteiger partial charge < -0.3 is 10.1 Å². The lowest BCUT2D eigenvalue weighted by atomic mass is 9.82. The van der Waals surface area contributed by atoms with Gasteiger partial charge in [-0.05, 0) is 38.7 Å². The molecule has 1 aromatic rings. The molecule has 0 unspecified atom stereocenters. The number of ketones is 1. The molecule has 0 radical (unpaired) electrons. The van der Waals surface area contributed by atoms with E-state index in [1.807, 2.05) is 18.2 Å². The summed E-state index contributed by atoms with van der Waals surface area (Å²) in [6.07, 6.45) is 1.94. The zero-order chi connectivity index (χ0) is 15.3. The van der Waals surface area contributed by atoms with Crippen molar-refractivity contribution in [1.29, 1.82) is 0 Å². The van der Waals surface area contributed by atoms with Crippen molar-refractivity contribution < 1.29 is 14.3 Å². The SMILES string of the molecule is CCOC(=O)[C@]1(C(C)=O)CC[C@@H](NCc2ccccc2)C1. The smallest absolute Gasteiger partial charge is 0.319 e. The summed E-state index contributed by atoms with van der Waals surface area (Å²) in [7, 11) is 0. The van der Waals surface area contributed by atoms with Gasteiger partial charge >= 0.3 is 5.97 Å². The van der Waals surface area contributed by atoms with Gasteiger partial charge in [-0.15, -0.1) is 0 Å². The normalized spacial score (nSPS) is 24.8. The lowest BCUT2D eigenvalue weighted by Gasteiger charge is -2.24. The number of Topliss-reactive ketones (excluding diaryl/α,β-unsaturated/α-hetero) is 1. The summed E-state index contributed by atoms with van der Waals surface area (Å²) in [5, 5.41) is 3.44. The van der Waals surface area contributed by atoms with Crippen molar-refractivity contribution in [2.45, 2.75) is 45.7 Å². The maximum atomic E-state index is 12.2. The fourth-order valence-corrected chi connectivity index (χ4v) is 3.00. The summed E-state index contributed by atoms with van der Waals surface area (Å²) in [4.78, 5) is 24.1. The summed E-state index contributed by atoms with van der Waals surface area (Å²) in [5.74, 6) is -0.438. The minimum absolute atomic E-state index is 0.0787. The largest absolute Gasteiger partial charge is 0.465 e. The first kappa shape index (κ1) is 15.7. The molecule has 114 valence electrons. The summed E-state index contributed by atoms with van der Waals surface area (Å²) >= 11 is 0. The van der Waals surface area contributed by atoms with Gasteiger partial charge in [-0.1, -0.05) is 30.3 Å². The molecule has 1 fully saturated rings. The van der Waals surface area contributed by atoms with Crippen molar-refractivity contribution in [3.63, 3.8) is 0 Å². The molecule has 1 saturated carbocycles. The Morgan fingerprint density at radius 3 is 2.67 bits per heavy atom. The number of esters is 1. The van der Waals surface area contributed by atoms with Crippen molar-refractivity contribution in [2.24, 2.45) is 5.41 Å². The Morgan fingerprint density at radius 2 is 2.05 bits per heavy atom. The minimum atomic E-state index is -0.940. The van der Waals surface area contributed by atoms with Crippen LogP contribution in [-0.2, 0) is 20.9 Å². The van der Waals surface area contributed by atoms with Gasteiger partial charge in [0.05, 0.1) is 6.61 Å². The first-order valence-corrected chi connectivity index (χ1v) is 7.54. The van der Waals surface area contributed by atoms with E-state index in [0.29, 0.717) is 19.4 Å². The topological polar surface area (TPSA) is 55.4 Å². The van der Waals surface area contributed by atoms with E-state index in [9.17, 15) is 9.59 Å². The van der Waals surface area contributed by atoms with Crippen molar-refractivity contribution in [1.82, 2.24) is 5.32 Å². The summed E-state index contributed by atoms with van der Waals surface area (Å²) in [6.45, 7) is 4.33. The van der Waals surface area contributed by atoms with E-state index in [4.69, 9.17) is 4.74 Å². The second-order valence-electron chi connectivity index (χ2n) is 5.66. The molecule has 0 heterocycles. The molecule has 4 heteroatoms. The van der Waals surface area contributed by atoms with E-state index in [2.05, 4.69) is 17.4 Å². The zero-order valence-electron chi connectivity index (χ0n) is 12.7. The molecule has 0 spiro atoms. The number of hydrogen-bond donors (Lipinski definition) is 1. The Bertz CT molecular complexity index is 500. The summed E-state index contributed by atoms with van der Waals surface area (Å²) < 4.78 is 5.11. The Kier molecular flexibility index (Phi) is 5.12. The van der Waals surface area contributed by atoms with E-state index in [1.165, 1.54) is 12.5 Å². The third-order valence-corrected chi connectivity index (χ3v) is 4.29. The fourth-order valence-electron chi connectivity index (χ4n) is 3.00. The number of carbonyl (C=O) groups excluding carboxylic acids is 2. The molecular weight excluding hydrogens is 266 g/mol. The van der Waals surface area contributed by atoms with Crippen LogP contribution in [0.3, 0.4) is 0 Å². The quantitative estimate of drug-likeness (QED) is 0.645. The third kappa shape index (κ3) is 3.50. The number of rotatable bonds is 6. The highest BCUT2D eigenvalue weighted by Crippen LogP contribution is 2.40. The first-order chi connectivity index (χ1) is 10.1. The number of hydrogen-bond acceptors (Lipinski definition) is 4. The highest BCUT2D eigenvalue weighted by molar-refractivity contribution is 6.03. The van der Waals surface area contributed by atoms with Crippen molar-refractivity contribution in [2.75, 3.05) is 6.61 Å². The molecular formula is C17H23NO3. The van der Waals surface area contributed by atoms with Crippen molar-refractivity contribution in [3.05, 3.63) is 35.9 Å². The molecule has 2 rings (SSSR count). The van der Waals surface area contributed by atoms with Gasteiger partial charge in [0.15, 0.2) is 0 Å². The molecule has 0 amide bonds. The van der Waals surface area contributed by atoms with Crippen LogP contribution in [0.2, 0.25) is 0 Å². The van der Waals surface area contributed by atoms with Crippen molar-refractivity contribution in [3.8, 4) is 0 Å². The molecule has 1 aliphatic carbocycles. The van der Waals surface area contributed by atoms with Gasteiger partial charge in [0.2, 0.25) is 0 Å². The molecule has 2 atom stereocenters. The van der Waals surface area contributed by atoms with Gasteiger partial charge in [0.1, 0.15) is 11.2 Å². The number of ether oxygens (including phenoxy) is 1. The maximum Gasteiger partial charge on any atom is 0.319 e. The van der Waals surface area contributed by atoms with E-state index in [1.54, 1.807) is 6.92 Å². The Hall–Kier alpha value is -1.68. The van der Waals surface area contributed by atoms with Crippen LogP contribution in [0.15, 0.2) is 30.3 Å². The van der Waals surface area contributed by atoms with Crippen LogP contribution >= 0.6 is 0 Å². The highest BCUT2D eigenvalue weighted by Gasteiger charge is 2.50. The number of benzene rings is 1. The number of carbonyl (C=O) groups is 2. The lowest BCUT2D eigenvalue weighted by molar-refractivity contribution is -0.159. The first-order valence-electron chi connectivity index (χ1n) is 7.54. The predicted molar refractivity (Wildman–Crippen MR) is 80.7 cm³/mol. The Balaban J connectivity index is 1.97. The van der Waals surface area contributed by atoms with E-state index in [0.717, 1.165) is 13.0 Å². The maximum absolute atomic E-state index is 12.2. The van der Waals surface area contributed by atoms with Crippen LogP contribution in [0.1, 0.15) is 38.7 Å². The van der Waals surface area contributed by atoms with Crippen molar-refractivity contribution >= 4 is 11.8 Å². The second kappa shape index (κ2) is 6.85. The van der Waals surface area contributed by atoms with E-state index in [-0.39, 0.29) is 17.8 Å². The van der Waals surface area contributed by atoms with Crippen LogP contribution in [0.5, 0.6) is 0 Å². The van der Waals surface area contributed by atoms with Crippen LogP contribution in [0, 0.1) is 5.41 Å². The molecule has 1 aliphatic rings. The van der Waals surface area contributed by atoms with Gasteiger partial charge in [-0.2, -0.15) is 0 Å². The molecule has 21 heavy (non-hydrogen) atoms. The standard InChI is InChI=1S/C17H23NO3/c1-3-21-16(20)17(13(2)19)10-9-15(11-17)18-12-14-7-5-4-6-8-14/h4-8,15,18H,3,9-12H2,1-2H3/t15-,17-/m1/s1. The minimum Gasteiger partial charge on any atom is -0.465 e. The van der Waals surface area contributed by atoms with Gasteiger partial charge in [-0.3, -0.25) is 9.59 Å². The van der Waals surface area contributed by atoms with Crippen LogP contribution in [0.4, 0.5) is 0 Å². The van der Waals surface area contributed by atoms with Gasteiger partial charge in [-0.25, -0.2) is 0 Å². The summed E-state index contributed by atoms with van der Waals surface area (Å²) in [5.41, 5.74) is 0.263. The number of nitrogens with one attached hydrogen (secondary N) is 1. The molecule has 0 aromatic heterocycles. The molecule has 4 nitrogen and oxygen atoms in total. The molecule has 1 N–H and O–H groups in total. The van der Waals surface area contributed by atoms with Crippen LogP contribution < -0.4 is 5.32 Å². The average molecular weight is 289 g/mol. The molecule has 0 bridgehead atoms. The van der Waals surface area contributed by atoms with Gasteiger partial charge in [0.25, 0.3) is 0 Å².